The molecule has 2 aromatic heterocycles. The molecule has 4 rings (SSSR count). The number of para-hydroxylation sites is 1. The first-order valence-corrected chi connectivity index (χ1v) is 9.90. The molecule has 1 N–H and O–H groups in total. The van der Waals surface area contributed by atoms with Crippen molar-refractivity contribution in [1.29, 1.82) is 0 Å². The zero-order valence-corrected chi connectivity index (χ0v) is 16.1. The maximum atomic E-state index is 12.4. The molecule has 1 unspecified atom stereocenters. The maximum absolute atomic E-state index is 12.4. The van der Waals surface area contributed by atoms with Crippen LogP contribution in [0.3, 0.4) is 0 Å². The number of nitrogens with zero attached hydrogens (tertiary/aromatic N) is 4. The molecule has 0 saturated heterocycles. The fraction of sp³-hybridized carbons (Fsp3) is 0.300. The summed E-state index contributed by atoms with van der Waals surface area (Å²) in [5, 5.41) is 12.3. The van der Waals surface area contributed by atoms with Crippen LogP contribution in [-0.2, 0) is 4.79 Å². The van der Waals surface area contributed by atoms with E-state index in [1.54, 1.807) is 12.4 Å². The van der Waals surface area contributed by atoms with Crippen molar-refractivity contribution >= 4 is 17.7 Å². The Bertz CT molecular complexity index is 952. The van der Waals surface area contributed by atoms with E-state index < -0.39 is 0 Å². The zero-order chi connectivity index (χ0) is 18.8. The number of pyridine rings is 1. The summed E-state index contributed by atoms with van der Waals surface area (Å²) in [6.45, 7) is 3.97. The smallest absolute Gasteiger partial charge is 0.233 e. The number of thioether (sulfide) groups is 1. The lowest BCUT2D eigenvalue weighted by Gasteiger charge is -2.15. The van der Waals surface area contributed by atoms with Gasteiger partial charge in [0.1, 0.15) is 0 Å². The first-order chi connectivity index (χ1) is 13.1. The molecule has 0 radical (unpaired) electrons. The van der Waals surface area contributed by atoms with Crippen molar-refractivity contribution in [2.75, 3.05) is 0 Å². The summed E-state index contributed by atoms with van der Waals surface area (Å²) in [6.07, 6.45) is 5.64. The molecule has 2 heterocycles. The Morgan fingerprint density at radius 1 is 1.19 bits per heavy atom. The van der Waals surface area contributed by atoms with Crippen LogP contribution in [0.2, 0.25) is 0 Å². The molecule has 1 aliphatic carbocycles. The number of hydrogen-bond acceptors (Lipinski definition) is 5. The van der Waals surface area contributed by atoms with Crippen LogP contribution in [0.25, 0.3) is 17.1 Å². The van der Waals surface area contributed by atoms with Gasteiger partial charge in [-0.2, -0.15) is 0 Å². The summed E-state index contributed by atoms with van der Waals surface area (Å²) in [6, 6.07) is 12.3. The van der Waals surface area contributed by atoms with Crippen LogP contribution in [-0.4, -0.2) is 36.9 Å². The minimum Gasteiger partial charge on any atom is -0.352 e. The summed E-state index contributed by atoms with van der Waals surface area (Å²) in [7, 11) is 0. The van der Waals surface area contributed by atoms with Gasteiger partial charge in [0, 0.05) is 24.0 Å². The highest BCUT2D eigenvalue weighted by Crippen LogP contribution is 2.31. The van der Waals surface area contributed by atoms with E-state index in [1.807, 2.05) is 41.8 Å². The number of rotatable bonds is 6. The summed E-state index contributed by atoms with van der Waals surface area (Å²) >= 11 is 1.43. The second-order valence-corrected chi connectivity index (χ2v) is 8.01. The Morgan fingerprint density at radius 2 is 1.93 bits per heavy atom. The Balaban J connectivity index is 1.72. The molecule has 1 amide bonds. The SMILES string of the molecule is Cc1ccccc1-n1c(SC(C)C(=O)NC2CC2)nnc1-c1ccncc1. The van der Waals surface area contributed by atoms with E-state index in [-0.39, 0.29) is 11.2 Å². The molecular weight excluding hydrogens is 358 g/mol. The number of amides is 1. The first kappa shape index (κ1) is 17.7. The van der Waals surface area contributed by atoms with Crippen molar-refractivity contribution in [3.05, 3.63) is 54.4 Å². The molecule has 6 nitrogen and oxygen atoms in total. The number of nitrogens with one attached hydrogen (secondary N) is 1. The highest BCUT2D eigenvalue weighted by atomic mass is 32.2. The third-order valence-corrected chi connectivity index (χ3v) is 5.55. The minimum absolute atomic E-state index is 0.0484. The number of hydrogen-bond donors (Lipinski definition) is 1. The van der Waals surface area contributed by atoms with E-state index in [4.69, 9.17) is 0 Å². The predicted octanol–water partition coefficient (Wildman–Crippen LogP) is 3.40. The Morgan fingerprint density at radius 3 is 2.63 bits per heavy atom. The molecule has 1 saturated carbocycles. The lowest BCUT2D eigenvalue weighted by Crippen LogP contribution is -2.32. The van der Waals surface area contributed by atoms with Crippen molar-refractivity contribution < 1.29 is 4.79 Å². The van der Waals surface area contributed by atoms with E-state index in [2.05, 4.69) is 33.5 Å². The average Bonchev–Trinajstić information content (AvgIpc) is 3.40. The van der Waals surface area contributed by atoms with Crippen LogP contribution in [0, 0.1) is 6.92 Å². The number of aromatic nitrogens is 4. The first-order valence-electron chi connectivity index (χ1n) is 9.02. The van der Waals surface area contributed by atoms with Crippen molar-refractivity contribution in [3.63, 3.8) is 0 Å². The van der Waals surface area contributed by atoms with Gasteiger partial charge in [0.15, 0.2) is 11.0 Å². The molecule has 1 aromatic carbocycles. The molecular formula is C20H21N5OS. The lowest BCUT2D eigenvalue weighted by atomic mass is 10.2. The van der Waals surface area contributed by atoms with Gasteiger partial charge in [-0.3, -0.25) is 14.3 Å². The highest BCUT2D eigenvalue weighted by molar-refractivity contribution is 8.00. The van der Waals surface area contributed by atoms with Gasteiger partial charge in [-0.25, -0.2) is 0 Å². The predicted molar refractivity (Wildman–Crippen MR) is 106 cm³/mol. The van der Waals surface area contributed by atoms with Crippen LogP contribution in [0.5, 0.6) is 0 Å². The minimum atomic E-state index is -0.247. The molecule has 0 spiro atoms. The molecule has 7 heteroatoms. The Kier molecular flexibility index (Phi) is 4.94. The fourth-order valence-corrected chi connectivity index (χ4v) is 3.69. The third-order valence-electron chi connectivity index (χ3n) is 4.50. The molecule has 0 bridgehead atoms. The fourth-order valence-electron chi connectivity index (χ4n) is 2.82. The van der Waals surface area contributed by atoms with Crippen LogP contribution < -0.4 is 5.32 Å². The van der Waals surface area contributed by atoms with Crippen LogP contribution in [0.1, 0.15) is 25.3 Å². The van der Waals surface area contributed by atoms with Crippen LogP contribution in [0.4, 0.5) is 0 Å². The number of carbonyl (C=O) groups excluding carboxylic acids is 1. The van der Waals surface area contributed by atoms with Crippen molar-refractivity contribution in [3.8, 4) is 17.1 Å². The van der Waals surface area contributed by atoms with Crippen molar-refractivity contribution in [2.24, 2.45) is 0 Å². The molecule has 27 heavy (non-hydrogen) atoms. The van der Waals surface area contributed by atoms with Gasteiger partial charge in [-0.05, 0) is 50.5 Å². The molecule has 1 fully saturated rings. The van der Waals surface area contributed by atoms with Gasteiger partial charge in [0.2, 0.25) is 5.91 Å². The van der Waals surface area contributed by atoms with Crippen molar-refractivity contribution in [1.82, 2.24) is 25.1 Å². The number of benzene rings is 1. The second kappa shape index (κ2) is 7.52. The molecule has 138 valence electrons. The lowest BCUT2D eigenvalue weighted by molar-refractivity contribution is -0.120. The molecule has 0 aliphatic heterocycles. The Labute approximate surface area is 162 Å². The topological polar surface area (TPSA) is 72.7 Å². The normalized spacial score (nSPS) is 14.7. The summed E-state index contributed by atoms with van der Waals surface area (Å²) in [5.74, 6) is 0.788. The quantitative estimate of drug-likeness (QED) is 0.665. The standard InChI is InChI=1S/C20H21N5OS/c1-13-5-3-4-6-17(13)25-18(15-9-11-21-12-10-15)23-24-20(25)27-14(2)19(26)22-16-7-8-16/h3-6,9-12,14,16H,7-8H2,1-2H3,(H,22,26). The maximum Gasteiger partial charge on any atom is 0.233 e. The van der Waals surface area contributed by atoms with E-state index in [0.717, 1.165) is 35.5 Å². The number of aryl methyl sites for hydroxylation is 1. The molecule has 1 atom stereocenters. The third kappa shape index (κ3) is 3.88. The second-order valence-electron chi connectivity index (χ2n) is 6.71. The van der Waals surface area contributed by atoms with Gasteiger partial charge < -0.3 is 5.32 Å². The zero-order valence-electron chi connectivity index (χ0n) is 15.3. The highest BCUT2D eigenvalue weighted by Gasteiger charge is 2.27. The van der Waals surface area contributed by atoms with Crippen LogP contribution in [0.15, 0.2) is 53.9 Å². The summed E-state index contributed by atoms with van der Waals surface area (Å²) in [4.78, 5) is 16.5. The molecule has 1 aliphatic rings. The van der Waals surface area contributed by atoms with E-state index >= 15 is 0 Å². The molecule has 3 aromatic rings. The van der Waals surface area contributed by atoms with Gasteiger partial charge in [0.25, 0.3) is 0 Å². The monoisotopic (exact) mass is 379 g/mol. The largest absolute Gasteiger partial charge is 0.352 e. The van der Waals surface area contributed by atoms with E-state index in [9.17, 15) is 4.79 Å². The van der Waals surface area contributed by atoms with E-state index in [0.29, 0.717) is 11.2 Å². The van der Waals surface area contributed by atoms with Gasteiger partial charge in [-0.1, -0.05) is 30.0 Å². The van der Waals surface area contributed by atoms with E-state index in [1.165, 1.54) is 11.8 Å². The van der Waals surface area contributed by atoms with Crippen molar-refractivity contribution in [2.45, 2.75) is 43.1 Å². The Hall–Kier alpha value is -2.67. The summed E-state index contributed by atoms with van der Waals surface area (Å²) < 4.78 is 2.02. The van der Waals surface area contributed by atoms with Gasteiger partial charge in [-0.15, -0.1) is 10.2 Å². The van der Waals surface area contributed by atoms with Crippen LogP contribution >= 0.6 is 11.8 Å². The van der Waals surface area contributed by atoms with Gasteiger partial charge >= 0.3 is 0 Å². The number of carbonyl (C=O) groups is 1. The van der Waals surface area contributed by atoms with Gasteiger partial charge in [0.05, 0.1) is 10.9 Å². The summed E-state index contributed by atoms with van der Waals surface area (Å²) in [5.41, 5.74) is 3.05. The average molecular weight is 379 g/mol.